The molecular formula is C27H44N2O2. The largest absolute Gasteiger partial charge is 0.507 e. The highest BCUT2D eigenvalue weighted by Gasteiger charge is 2.31. The lowest BCUT2D eigenvalue weighted by Gasteiger charge is -2.37. The van der Waals surface area contributed by atoms with Crippen LogP contribution in [0.3, 0.4) is 0 Å². The van der Waals surface area contributed by atoms with Gasteiger partial charge < -0.3 is 10.0 Å². The maximum atomic E-state index is 13.0. The molecule has 1 aromatic rings. The van der Waals surface area contributed by atoms with Crippen molar-refractivity contribution in [3.63, 3.8) is 0 Å². The van der Waals surface area contributed by atoms with Crippen LogP contribution in [0, 0.1) is 11.8 Å². The molecule has 2 saturated heterocycles. The molecule has 4 nitrogen and oxygen atoms in total. The molecule has 3 rings (SSSR count). The molecule has 2 aliphatic rings. The fraction of sp³-hybridized carbons (Fsp3) is 0.741. The van der Waals surface area contributed by atoms with Crippen molar-refractivity contribution in [1.82, 2.24) is 9.80 Å². The minimum Gasteiger partial charge on any atom is -0.507 e. The summed E-state index contributed by atoms with van der Waals surface area (Å²) in [5, 5.41) is 11.0. The molecule has 2 aliphatic heterocycles. The zero-order valence-corrected chi connectivity index (χ0v) is 20.9. The number of hydrogen-bond donors (Lipinski definition) is 1. The van der Waals surface area contributed by atoms with E-state index in [-0.39, 0.29) is 16.7 Å². The first-order chi connectivity index (χ1) is 14.4. The second-order valence-electron chi connectivity index (χ2n) is 12.1. The molecule has 1 atom stereocenters. The minimum atomic E-state index is -0.106. The van der Waals surface area contributed by atoms with Gasteiger partial charge in [0.25, 0.3) is 0 Å². The van der Waals surface area contributed by atoms with Gasteiger partial charge in [-0.1, -0.05) is 60.6 Å². The Bertz CT molecular complexity index is 744. The van der Waals surface area contributed by atoms with Crippen LogP contribution in [-0.2, 0) is 22.2 Å². The zero-order chi connectivity index (χ0) is 23.0. The first kappa shape index (κ1) is 24.1. The number of nitrogens with zero attached hydrogens (tertiary/aromatic N) is 2. The van der Waals surface area contributed by atoms with E-state index in [9.17, 15) is 9.90 Å². The third-order valence-corrected chi connectivity index (χ3v) is 7.10. The van der Waals surface area contributed by atoms with Crippen molar-refractivity contribution in [2.45, 2.75) is 91.5 Å². The number of hydrogen-bond acceptors (Lipinski definition) is 3. The second kappa shape index (κ2) is 9.13. The van der Waals surface area contributed by atoms with Gasteiger partial charge in [0.05, 0.1) is 0 Å². The zero-order valence-electron chi connectivity index (χ0n) is 20.9. The average Bonchev–Trinajstić information content (AvgIpc) is 2.67. The van der Waals surface area contributed by atoms with Crippen LogP contribution < -0.4 is 0 Å². The number of likely N-dealkylation sites (tertiary alicyclic amines) is 2. The van der Waals surface area contributed by atoms with E-state index in [0.717, 1.165) is 63.1 Å². The van der Waals surface area contributed by atoms with Gasteiger partial charge in [0, 0.05) is 25.6 Å². The first-order valence-corrected chi connectivity index (χ1v) is 12.2. The van der Waals surface area contributed by atoms with Crippen molar-refractivity contribution < 1.29 is 9.90 Å². The summed E-state index contributed by atoms with van der Waals surface area (Å²) < 4.78 is 0. The molecule has 0 aliphatic carbocycles. The second-order valence-corrected chi connectivity index (χ2v) is 12.1. The van der Waals surface area contributed by atoms with Gasteiger partial charge in [-0.2, -0.15) is 0 Å². The van der Waals surface area contributed by atoms with Crippen molar-refractivity contribution in [2.24, 2.45) is 11.8 Å². The van der Waals surface area contributed by atoms with E-state index in [1.54, 1.807) is 0 Å². The number of amides is 1. The Morgan fingerprint density at radius 2 is 1.52 bits per heavy atom. The maximum Gasteiger partial charge on any atom is 0.225 e. The number of phenolic OH excluding ortho intramolecular Hbond substituents is 1. The standard InChI is InChI=1S/C27H44N2O2/c1-19-9-8-12-29(17-19)25(31)21-10-13-28(14-11-21)18-20-15-22(26(2,3)4)24(30)23(16-20)27(5,6)7/h15-16,19,21,30H,8-14,17-18H2,1-7H3. The molecule has 0 bridgehead atoms. The summed E-state index contributed by atoms with van der Waals surface area (Å²) in [6.07, 6.45) is 4.32. The quantitative estimate of drug-likeness (QED) is 0.695. The predicted octanol–water partition coefficient (Wildman–Crippen LogP) is 5.46. The SMILES string of the molecule is CC1CCCN(C(=O)C2CCN(Cc3cc(C(C)(C)C)c(O)c(C(C)(C)C)c3)CC2)C1. The Labute approximate surface area is 190 Å². The molecule has 0 spiro atoms. The average molecular weight is 429 g/mol. The predicted molar refractivity (Wildman–Crippen MR) is 128 cm³/mol. The van der Waals surface area contributed by atoms with Gasteiger partial charge in [-0.3, -0.25) is 9.69 Å². The van der Waals surface area contributed by atoms with Crippen LogP contribution in [0.1, 0.15) is 90.8 Å². The van der Waals surface area contributed by atoms with Crippen molar-refractivity contribution in [1.29, 1.82) is 0 Å². The molecule has 2 heterocycles. The number of carbonyl (C=O) groups excluding carboxylic acids is 1. The molecular weight excluding hydrogens is 384 g/mol. The highest BCUT2D eigenvalue weighted by atomic mass is 16.3. The molecule has 1 aromatic carbocycles. The van der Waals surface area contributed by atoms with Gasteiger partial charge in [0.2, 0.25) is 5.91 Å². The molecule has 1 amide bonds. The monoisotopic (exact) mass is 428 g/mol. The van der Waals surface area contributed by atoms with E-state index in [0.29, 0.717) is 17.6 Å². The van der Waals surface area contributed by atoms with Crippen LogP contribution in [0.4, 0.5) is 0 Å². The number of rotatable bonds is 3. The molecule has 0 radical (unpaired) electrons. The van der Waals surface area contributed by atoms with E-state index < -0.39 is 0 Å². The Balaban J connectivity index is 1.68. The molecule has 1 unspecified atom stereocenters. The normalized spacial score (nSPS) is 22.0. The lowest BCUT2D eigenvalue weighted by Crippen LogP contribution is -2.45. The summed E-state index contributed by atoms with van der Waals surface area (Å²) in [6, 6.07) is 4.38. The fourth-order valence-corrected chi connectivity index (χ4v) is 5.17. The smallest absolute Gasteiger partial charge is 0.225 e. The van der Waals surface area contributed by atoms with Crippen LogP contribution in [-0.4, -0.2) is 47.0 Å². The van der Waals surface area contributed by atoms with Crippen molar-refractivity contribution in [3.8, 4) is 5.75 Å². The van der Waals surface area contributed by atoms with Gasteiger partial charge in [-0.15, -0.1) is 0 Å². The minimum absolute atomic E-state index is 0.106. The Hall–Kier alpha value is -1.55. The number of benzene rings is 1. The fourth-order valence-electron chi connectivity index (χ4n) is 5.17. The number of phenols is 1. The third-order valence-electron chi connectivity index (χ3n) is 7.10. The van der Waals surface area contributed by atoms with Crippen molar-refractivity contribution >= 4 is 5.91 Å². The highest BCUT2D eigenvalue weighted by Crippen LogP contribution is 2.40. The molecule has 0 aromatic heterocycles. The van der Waals surface area contributed by atoms with E-state index in [1.807, 2.05) is 0 Å². The summed E-state index contributed by atoms with van der Waals surface area (Å²) in [5.41, 5.74) is 3.11. The van der Waals surface area contributed by atoms with Crippen LogP contribution in [0.2, 0.25) is 0 Å². The first-order valence-electron chi connectivity index (χ1n) is 12.2. The van der Waals surface area contributed by atoms with Gasteiger partial charge in [0.15, 0.2) is 0 Å². The third kappa shape index (κ3) is 5.83. The highest BCUT2D eigenvalue weighted by molar-refractivity contribution is 5.79. The van der Waals surface area contributed by atoms with Crippen molar-refractivity contribution in [2.75, 3.05) is 26.2 Å². The van der Waals surface area contributed by atoms with Gasteiger partial charge in [-0.25, -0.2) is 0 Å². The number of carbonyl (C=O) groups is 1. The molecule has 4 heteroatoms. The number of piperidine rings is 2. The lowest BCUT2D eigenvalue weighted by molar-refractivity contribution is -0.138. The van der Waals surface area contributed by atoms with Crippen LogP contribution in [0.5, 0.6) is 5.75 Å². The van der Waals surface area contributed by atoms with E-state index >= 15 is 0 Å². The van der Waals surface area contributed by atoms with Gasteiger partial charge >= 0.3 is 0 Å². The van der Waals surface area contributed by atoms with Gasteiger partial charge in [-0.05, 0) is 72.2 Å². The van der Waals surface area contributed by atoms with E-state index in [4.69, 9.17) is 0 Å². The summed E-state index contributed by atoms with van der Waals surface area (Å²) in [4.78, 5) is 17.6. The lowest BCUT2D eigenvalue weighted by atomic mass is 9.78. The number of aromatic hydroxyl groups is 1. The topological polar surface area (TPSA) is 43.8 Å². The molecule has 2 fully saturated rings. The summed E-state index contributed by atoms with van der Waals surface area (Å²) >= 11 is 0. The van der Waals surface area contributed by atoms with Crippen LogP contribution in [0.15, 0.2) is 12.1 Å². The molecule has 1 N–H and O–H groups in total. The molecule has 0 saturated carbocycles. The van der Waals surface area contributed by atoms with Crippen LogP contribution in [0.25, 0.3) is 0 Å². The summed E-state index contributed by atoms with van der Waals surface area (Å²) in [6.45, 7) is 20.0. The Kier molecular flexibility index (Phi) is 7.10. The molecule has 174 valence electrons. The summed E-state index contributed by atoms with van der Waals surface area (Å²) in [7, 11) is 0. The summed E-state index contributed by atoms with van der Waals surface area (Å²) in [5.74, 6) is 1.67. The van der Waals surface area contributed by atoms with Crippen molar-refractivity contribution in [3.05, 3.63) is 28.8 Å². The van der Waals surface area contributed by atoms with Crippen LogP contribution >= 0.6 is 0 Å². The van der Waals surface area contributed by atoms with E-state index in [2.05, 4.69) is 70.4 Å². The Morgan fingerprint density at radius 1 is 0.968 bits per heavy atom. The Morgan fingerprint density at radius 3 is 2.00 bits per heavy atom. The maximum absolute atomic E-state index is 13.0. The van der Waals surface area contributed by atoms with E-state index in [1.165, 1.54) is 12.0 Å². The van der Waals surface area contributed by atoms with Gasteiger partial charge in [0.1, 0.15) is 5.75 Å². The molecule has 31 heavy (non-hydrogen) atoms.